The summed E-state index contributed by atoms with van der Waals surface area (Å²) in [6, 6.07) is 0.468. The van der Waals surface area contributed by atoms with E-state index in [0.717, 1.165) is 0 Å². The third-order valence-corrected chi connectivity index (χ3v) is 1.80. The number of carboxylic acid groups (broad SMARTS) is 1. The normalized spacial score (nSPS) is 12.1. The number of carbonyl (C=O) groups is 2. The summed E-state index contributed by atoms with van der Waals surface area (Å²) in [6.45, 7) is 0.0341. The molecule has 1 heterocycles. The van der Waals surface area contributed by atoms with E-state index < -0.39 is 12.0 Å². The van der Waals surface area contributed by atoms with Gasteiger partial charge in [-0.2, -0.15) is 5.10 Å². The van der Waals surface area contributed by atoms with Gasteiger partial charge in [-0.15, -0.1) is 0 Å². The zero-order chi connectivity index (χ0) is 11.4. The number of amides is 1. The zero-order valence-corrected chi connectivity index (χ0v) is 8.17. The maximum absolute atomic E-state index is 11.1. The highest BCUT2D eigenvalue weighted by Crippen LogP contribution is 1.96. The molecule has 7 heteroatoms. The van der Waals surface area contributed by atoms with Crippen LogP contribution in [0.4, 0.5) is 0 Å². The molecule has 0 bridgehead atoms. The SMILES string of the molecule is CNC(=O)c1ccn(CC(N)C(=O)O)n1. The van der Waals surface area contributed by atoms with Gasteiger partial charge in [0, 0.05) is 13.2 Å². The van der Waals surface area contributed by atoms with Crippen molar-refractivity contribution in [3.63, 3.8) is 0 Å². The van der Waals surface area contributed by atoms with Crippen LogP contribution >= 0.6 is 0 Å². The monoisotopic (exact) mass is 212 g/mol. The van der Waals surface area contributed by atoms with Crippen molar-refractivity contribution in [1.29, 1.82) is 0 Å². The van der Waals surface area contributed by atoms with Crippen LogP contribution in [-0.2, 0) is 11.3 Å². The van der Waals surface area contributed by atoms with Gasteiger partial charge in [-0.25, -0.2) is 0 Å². The van der Waals surface area contributed by atoms with Crippen LogP contribution in [0.5, 0.6) is 0 Å². The summed E-state index contributed by atoms with van der Waals surface area (Å²) in [6.07, 6.45) is 1.51. The van der Waals surface area contributed by atoms with Crippen molar-refractivity contribution < 1.29 is 14.7 Å². The number of nitrogens with two attached hydrogens (primary N) is 1. The minimum Gasteiger partial charge on any atom is -0.480 e. The minimum absolute atomic E-state index is 0.0341. The van der Waals surface area contributed by atoms with Gasteiger partial charge in [-0.1, -0.05) is 0 Å². The lowest BCUT2D eigenvalue weighted by molar-refractivity contribution is -0.138. The molecular formula is C8H12N4O3. The van der Waals surface area contributed by atoms with Crippen LogP contribution in [0, 0.1) is 0 Å². The fourth-order valence-corrected chi connectivity index (χ4v) is 0.992. The first-order chi connectivity index (χ1) is 7.04. The van der Waals surface area contributed by atoms with Crippen molar-refractivity contribution in [3.8, 4) is 0 Å². The second-order valence-corrected chi connectivity index (χ2v) is 2.95. The highest BCUT2D eigenvalue weighted by molar-refractivity contribution is 5.91. The average molecular weight is 212 g/mol. The van der Waals surface area contributed by atoms with E-state index in [0.29, 0.717) is 0 Å². The number of rotatable bonds is 4. The maximum atomic E-state index is 11.1. The average Bonchev–Trinajstić information content (AvgIpc) is 2.65. The van der Waals surface area contributed by atoms with Crippen LogP contribution in [0.15, 0.2) is 12.3 Å². The van der Waals surface area contributed by atoms with Crippen LogP contribution in [0.2, 0.25) is 0 Å². The van der Waals surface area contributed by atoms with Crippen molar-refractivity contribution in [2.75, 3.05) is 7.05 Å². The molecule has 15 heavy (non-hydrogen) atoms. The largest absolute Gasteiger partial charge is 0.480 e. The first-order valence-electron chi connectivity index (χ1n) is 4.28. The number of carbonyl (C=O) groups excluding carboxylic acids is 1. The van der Waals surface area contributed by atoms with Gasteiger partial charge in [0.2, 0.25) is 0 Å². The van der Waals surface area contributed by atoms with E-state index in [1.165, 1.54) is 24.0 Å². The molecule has 0 aliphatic carbocycles. The first kappa shape index (κ1) is 11.2. The number of nitrogens with one attached hydrogen (secondary N) is 1. The van der Waals surface area contributed by atoms with E-state index in [9.17, 15) is 9.59 Å². The Morgan fingerprint density at radius 1 is 1.73 bits per heavy atom. The molecule has 0 saturated carbocycles. The van der Waals surface area contributed by atoms with E-state index in [1.54, 1.807) is 0 Å². The lowest BCUT2D eigenvalue weighted by Gasteiger charge is -2.05. The van der Waals surface area contributed by atoms with Gasteiger partial charge in [-0.3, -0.25) is 14.3 Å². The molecule has 0 fully saturated rings. The van der Waals surface area contributed by atoms with Crippen LogP contribution in [0.1, 0.15) is 10.5 Å². The quantitative estimate of drug-likeness (QED) is 0.571. The lowest BCUT2D eigenvalue weighted by atomic mass is 10.3. The van der Waals surface area contributed by atoms with Gasteiger partial charge in [0.25, 0.3) is 5.91 Å². The Morgan fingerprint density at radius 3 is 2.93 bits per heavy atom. The van der Waals surface area contributed by atoms with E-state index in [-0.39, 0.29) is 18.1 Å². The smallest absolute Gasteiger partial charge is 0.322 e. The molecule has 0 aliphatic rings. The number of aromatic nitrogens is 2. The second-order valence-electron chi connectivity index (χ2n) is 2.95. The van der Waals surface area contributed by atoms with Gasteiger partial charge in [0.1, 0.15) is 11.7 Å². The highest BCUT2D eigenvalue weighted by Gasteiger charge is 2.14. The van der Waals surface area contributed by atoms with Crippen molar-refractivity contribution >= 4 is 11.9 Å². The second kappa shape index (κ2) is 4.56. The molecule has 1 amide bonds. The number of nitrogens with zero attached hydrogens (tertiary/aromatic N) is 2. The first-order valence-corrected chi connectivity index (χ1v) is 4.28. The Morgan fingerprint density at radius 2 is 2.40 bits per heavy atom. The molecule has 1 aromatic rings. The molecule has 0 radical (unpaired) electrons. The zero-order valence-electron chi connectivity index (χ0n) is 8.17. The number of hydrogen-bond donors (Lipinski definition) is 3. The summed E-state index contributed by atoms with van der Waals surface area (Å²) in [5, 5.41) is 14.8. The molecule has 4 N–H and O–H groups in total. The maximum Gasteiger partial charge on any atom is 0.322 e. The number of carboxylic acids is 1. The minimum atomic E-state index is -1.10. The number of aliphatic carboxylic acids is 1. The standard InChI is InChI=1S/C8H12N4O3/c1-10-7(13)6-2-3-12(11-6)4-5(9)8(14)15/h2-3,5H,4,9H2,1H3,(H,10,13)(H,14,15). The molecule has 1 atom stereocenters. The molecular weight excluding hydrogens is 200 g/mol. The predicted octanol–water partition coefficient (Wildman–Crippen LogP) is -1.35. The van der Waals surface area contributed by atoms with Gasteiger partial charge in [0.05, 0.1) is 6.54 Å². The van der Waals surface area contributed by atoms with Crippen LogP contribution in [0.3, 0.4) is 0 Å². The molecule has 7 nitrogen and oxygen atoms in total. The Hall–Kier alpha value is -1.89. The van der Waals surface area contributed by atoms with Gasteiger partial charge >= 0.3 is 5.97 Å². The van der Waals surface area contributed by atoms with E-state index in [4.69, 9.17) is 10.8 Å². The lowest BCUT2D eigenvalue weighted by Crippen LogP contribution is -2.34. The highest BCUT2D eigenvalue weighted by atomic mass is 16.4. The molecule has 1 unspecified atom stereocenters. The van der Waals surface area contributed by atoms with Crippen LogP contribution < -0.4 is 11.1 Å². The predicted molar refractivity (Wildman–Crippen MR) is 51.2 cm³/mol. The topological polar surface area (TPSA) is 110 Å². The molecule has 82 valence electrons. The molecule has 0 aromatic carbocycles. The summed E-state index contributed by atoms with van der Waals surface area (Å²) in [4.78, 5) is 21.6. The Balaban J connectivity index is 2.68. The summed E-state index contributed by atoms with van der Waals surface area (Å²) in [7, 11) is 1.49. The number of hydrogen-bond acceptors (Lipinski definition) is 4. The van der Waals surface area contributed by atoms with E-state index in [1.807, 2.05) is 0 Å². The third-order valence-electron chi connectivity index (χ3n) is 1.80. The molecule has 0 saturated heterocycles. The fraction of sp³-hybridized carbons (Fsp3) is 0.375. The fourth-order valence-electron chi connectivity index (χ4n) is 0.992. The van der Waals surface area contributed by atoms with Crippen molar-refractivity contribution in [2.45, 2.75) is 12.6 Å². The van der Waals surface area contributed by atoms with Crippen molar-refractivity contribution in [2.24, 2.45) is 5.73 Å². The van der Waals surface area contributed by atoms with E-state index >= 15 is 0 Å². The van der Waals surface area contributed by atoms with Gasteiger partial charge in [-0.05, 0) is 6.07 Å². The van der Waals surface area contributed by atoms with Gasteiger partial charge < -0.3 is 16.2 Å². The van der Waals surface area contributed by atoms with E-state index in [2.05, 4.69) is 10.4 Å². The van der Waals surface area contributed by atoms with Crippen LogP contribution in [-0.4, -0.2) is 39.9 Å². The van der Waals surface area contributed by atoms with Gasteiger partial charge in [0.15, 0.2) is 0 Å². The Bertz CT molecular complexity index is 374. The summed E-state index contributed by atoms with van der Waals surface area (Å²) < 4.78 is 1.32. The summed E-state index contributed by atoms with van der Waals surface area (Å²) in [5.41, 5.74) is 5.54. The Kier molecular flexibility index (Phi) is 3.40. The summed E-state index contributed by atoms with van der Waals surface area (Å²) in [5.74, 6) is -1.43. The van der Waals surface area contributed by atoms with Crippen molar-refractivity contribution in [1.82, 2.24) is 15.1 Å². The third kappa shape index (κ3) is 2.78. The molecule has 0 aliphatic heterocycles. The molecule has 0 spiro atoms. The Labute approximate surface area is 85.9 Å². The summed E-state index contributed by atoms with van der Waals surface area (Å²) >= 11 is 0. The molecule has 1 rings (SSSR count). The molecule has 1 aromatic heterocycles. The van der Waals surface area contributed by atoms with Crippen LogP contribution in [0.25, 0.3) is 0 Å². The van der Waals surface area contributed by atoms with Crippen molar-refractivity contribution in [3.05, 3.63) is 18.0 Å².